The molecule has 130 valence electrons. The van der Waals surface area contributed by atoms with Gasteiger partial charge < -0.3 is 9.47 Å². The van der Waals surface area contributed by atoms with Crippen molar-refractivity contribution in [1.29, 1.82) is 0 Å². The van der Waals surface area contributed by atoms with Gasteiger partial charge in [-0.3, -0.25) is 4.79 Å². The van der Waals surface area contributed by atoms with Gasteiger partial charge in [0.1, 0.15) is 0 Å². The fourth-order valence-corrected chi connectivity index (χ4v) is 2.92. The van der Waals surface area contributed by atoms with Crippen LogP contribution in [0.3, 0.4) is 0 Å². The van der Waals surface area contributed by atoms with Gasteiger partial charge in [0.15, 0.2) is 0 Å². The van der Waals surface area contributed by atoms with Crippen LogP contribution in [0.4, 0.5) is 0 Å². The lowest BCUT2D eigenvalue weighted by molar-refractivity contribution is -0.140. The standard InChI is InChI=1S/C19H36O3/c1-21-19(20)16-14-12-10-8-6-4-2-3-5-7-9-11-13-15-18-17-22-18/h18H,2-17H2,1H3. The Balaban J connectivity index is 1.63. The maximum atomic E-state index is 10.9. The maximum Gasteiger partial charge on any atom is 0.305 e. The zero-order valence-corrected chi connectivity index (χ0v) is 14.6. The van der Waals surface area contributed by atoms with Crippen LogP contribution >= 0.6 is 0 Å². The summed E-state index contributed by atoms with van der Waals surface area (Å²) >= 11 is 0. The molecule has 1 fully saturated rings. The van der Waals surface area contributed by atoms with Crippen LogP contribution in [-0.2, 0) is 14.3 Å². The number of methoxy groups -OCH3 is 1. The molecule has 3 heteroatoms. The first-order chi connectivity index (χ1) is 10.8. The topological polar surface area (TPSA) is 38.8 Å². The minimum absolute atomic E-state index is 0.0686. The van der Waals surface area contributed by atoms with Crippen LogP contribution in [0.5, 0.6) is 0 Å². The summed E-state index contributed by atoms with van der Waals surface area (Å²) in [6.07, 6.45) is 19.8. The summed E-state index contributed by atoms with van der Waals surface area (Å²) in [4.78, 5) is 10.9. The molecule has 1 atom stereocenters. The molecule has 0 N–H and O–H groups in total. The second-order valence-corrected chi connectivity index (χ2v) is 6.67. The van der Waals surface area contributed by atoms with E-state index in [2.05, 4.69) is 4.74 Å². The summed E-state index contributed by atoms with van der Waals surface area (Å²) in [6.45, 7) is 1.02. The van der Waals surface area contributed by atoms with Gasteiger partial charge in [-0.15, -0.1) is 0 Å². The predicted molar refractivity (Wildman–Crippen MR) is 91.0 cm³/mol. The van der Waals surface area contributed by atoms with Gasteiger partial charge in [0, 0.05) is 6.42 Å². The quantitative estimate of drug-likeness (QED) is 0.217. The molecule has 1 aliphatic heterocycles. The number of epoxide rings is 1. The summed E-state index contributed by atoms with van der Waals surface area (Å²) < 4.78 is 9.85. The molecule has 1 heterocycles. The summed E-state index contributed by atoms with van der Waals surface area (Å²) in [5, 5.41) is 0. The Hall–Kier alpha value is -0.570. The zero-order chi connectivity index (χ0) is 15.9. The Morgan fingerprint density at radius 3 is 1.64 bits per heavy atom. The van der Waals surface area contributed by atoms with Crippen molar-refractivity contribution < 1.29 is 14.3 Å². The average Bonchev–Trinajstić information content (AvgIpc) is 3.35. The molecule has 3 nitrogen and oxygen atoms in total. The van der Waals surface area contributed by atoms with E-state index in [1.807, 2.05) is 0 Å². The van der Waals surface area contributed by atoms with Gasteiger partial charge in [-0.05, 0) is 12.8 Å². The molecular formula is C19H36O3. The van der Waals surface area contributed by atoms with Crippen molar-refractivity contribution in [3.63, 3.8) is 0 Å². The third-order valence-electron chi connectivity index (χ3n) is 4.54. The van der Waals surface area contributed by atoms with Gasteiger partial charge in [-0.2, -0.15) is 0 Å². The van der Waals surface area contributed by atoms with Crippen LogP contribution in [0, 0.1) is 0 Å². The molecule has 0 aromatic carbocycles. The first-order valence-electron chi connectivity index (χ1n) is 9.51. The van der Waals surface area contributed by atoms with Crippen molar-refractivity contribution in [3.05, 3.63) is 0 Å². The lowest BCUT2D eigenvalue weighted by atomic mass is 10.0. The van der Waals surface area contributed by atoms with Gasteiger partial charge in [0.2, 0.25) is 0 Å². The number of ether oxygens (including phenoxy) is 2. The monoisotopic (exact) mass is 312 g/mol. The lowest BCUT2D eigenvalue weighted by Crippen LogP contribution is -1.99. The minimum atomic E-state index is -0.0686. The van der Waals surface area contributed by atoms with Crippen molar-refractivity contribution >= 4 is 5.97 Å². The number of carbonyl (C=O) groups excluding carboxylic acids is 1. The Kier molecular flexibility index (Phi) is 12.4. The van der Waals surface area contributed by atoms with E-state index in [0.717, 1.165) is 13.0 Å². The van der Waals surface area contributed by atoms with Gasteiger partial charge in [-0.25, -0.2) is 0 Å². The van der Waals surface area contributed by atoms with E-state index in [-0.39, 0.29) is 5.97 Å². The van der Waals surface area contributed by atoms with Crippen LogP contribution in [-0.4, -0.2) is 25.8 Å². The number of hydrogen-bond acceptors (Lipinski definition) is 3. The Morgan fingerprint density at radius 1 is 0.818 bits per heavy atom. The molecule has 0 saturated carbocycles. The van der Waals surface area contributed by atoms with Gasteiger partial charge in [-0.1, -0.05) is 77.0 Å². The Morgan fingerprint density at radius 2 is 1.23 bits per heavy atom. The number of rotatable bonds is 16. The van der Waals surface area contributed by atoms with Crippen LogP contribution in [0.1, 0.15) is 96.3 Å². The first kappa shape index (κ1) is 19.5. The largest absolute Gasteiger partial charge is 0.469 e. The highest BCUT2D eigenvalue weighted by molar-refractivity contribution is 5.68. The molecule has 1 aliphatic rings. The molecular weight excluding hydrogens is 276 g/mol. The van der Waals surface area contributed by atoms with Crippen molar-refractivity contribution in [2.75, 3.05) is 13.7 Å². The third-order valence-corrected chi connectivity index (χ3v) is 4.54. The first-order valence-corrected chi connectivity index (χ1v) is 9.51. The number of carbonyl (C=O) groups is 1. The van der Waals surface area contributed by atoms with Crippen LogP contribution in [0.15, 0.2) is 0 Å². The fourth-order valence-electron chi connectivity index (χ4n) is 2.92. The molecule has 0 spiro atoms. The number of unbranched alkanes of at least 4 members (excludes halogenated alkanes) is 12. The predicted octanol–water partition coefficient (Wildman–Crippen LogP) is 5.41. The molecule has 1 saturated heterocycles. The van der Waals surface area contributed by atoms with E-state index in [1.165, 1.54) is 90.6 Å². The van der Waals surface area contributed by atoms with E-state index < -0.39 is 0 Å². The second-order valence-electron chi connectivity index (χ2n) is 6.67. The van der Waals surface area contributed by atoms with Crippen LogP contribution < -0.4 is 0 Å². The Labute approximate surface area is 137 Å². The summed E-state index contributed by atoms with van der Waals surface area (Å²) in [6, 6.07) is 0. The summed E-state index contributed by atoms with van der Waals surface area (Å²) in [7, 11) is 1.46. The highest BCUT2D eigenvalue weighted by atomic mass is 16.6. The highest BCUT2D eigenvalue weighted by Crippen LogP contribution is 2.18. The van der Waals surface area contributed by atoms with E-state index in [1.54, 1.807) is 0 Å². The van der Waals surface area contributed by atoms with E-state index in [9.17, 15) is 4.79 Å². The molecule has 0 amide bonds. The molecule has 0 aliphatic carbocycles. The molecule has 0 aromatic rings. The Bertz CT molecular complexity index is 261. The molecule has 0 aromatic heterocycles. The van der Waals surface area contributed by atoms with Crippen molar-refractivity contribution in [2.24, 2.45) is 0 Å². The number of hydrogen-bond donors (Lipinski definition) is 0. The normalized spacial score (nSPS) is 16.7. The fraction of sp³-hybridized carbons (Fsp3) is 0.947. The molecule has 22 heavy (non-hydrogen) atoms. The second kappa shape index (κ2) is 14.0. The minimum Gasteiger partial charge on any atom is -0.469 e. The summed E-state index contributed by atoms with van der Waals surface area (Å²) in [5.74, 6) is -0.0686. The average molecular weight is 312 g/mol. The van der Waals surface area contributed by atoms with Gasteiger partial charge >= 0.3 is 5.97 Å². The zero-order valence-electron chi connectivity index (χ0n) is 14.6. The van der Waals surface area contributed by atoms with Crippen molar-refractivity contribution in [1.82, 2.24) is 0 Å². The van der Waals surface area contributed by atoms with Crippen LogP contribution in [0.25, 0.3) is 0 Å². The van der Waals surface area contributed by atoms with E-state index in [4.69, 9.17) is 4.74 Å². The number of esters is 1. The molecule has 0 bridgehead atoms. The van der Waals surface area contributed by atoms with Crippen LogP contribution in [0.2, 0.25) is 0 Å². The van der Waals surface area contributed by atoms with Gasteiger partial charge in [0.25, 0.3) is 0 Å². The smallest absolute Gasteiger partial charge is 0.305 e. The third kappa shape index (κ3) is 13.1. The molecule has 1 unspecified atom stereocenters. The van der Waals surface area contributed by atoms with Crippen molar-refractivity contribution in [2.45, 2.75) is 102 Å². The van der Waals surface area contributed by atoms with E-state index in [0.29, 0.717) is 12.5 Å². The molecule has 1 rings (SSSR count). The van der Waals surface area contributed by atoms with Crippen molar-refractivity contribution in [3.8, 4) is 0 Å². The van der Waals surface area contributed by atoms with Gasteiger partial charge in [0.05, 0.1) is 19.8 Å². The SMILES string of the molecule is COC(=O)CCCCCCCCCCCCCCCC1CO1. The maximum absolute atomic E-state index is 10.9. The highest BCUT2D eigenvalue weighted by Gasteiger charge is 2.20. The molecule has 0 radical (unpaired) electrons. The van der Waals surface area contributed by atoms with E-state index >= 15 is 0 Å². The lowest BCUT2D eigenvalue weighted by Gasteiger charge is -2.03. The summed E-state index contributed by atoms with van der Waals surface area (Å²) in [5.41, 5.74) is 0.